The van der Waals surface area contributed by atoms with Gasteiger partial charge in [-0.3, -0.25) is 4.79 Å². The molecule has 7 nitrogen and oxygen atoms in total. The van der Waals surface area contributed by atoms with Gasteiger partial charge in [-0.25, -0.2) is 9.48 Å². The SMILES string of the molecule is CNC(=O)C1(NC(=O)NCc2cnn(-c3cccc(C)c3)c2)CCCCC1. The van der Waals surface area contributed by atoms with Crippen LogP contribution in [0.2, 0.25) is 0 Å². The van der Waals surface area contributed by atoms with Gasteiger partial charge in [0.15, 0.2) is 0 Å². The molecular formula is C20H27N5O2. The first kappa shape index (κ1) is 18.9. The van der Waals surface area contributed by atoms with Crippen LogP contribution in [0, 0.1) is 6.92 Å². The Morgan fingerprint density at radius 3 is 2.70 bits per heavy atom. The highest BCUT2D eigenvalue weighted by molar-refractivity contribution is 5.91. The van der Waals surface area contributed by atoms with Gasteiger partial charge in [0.1, 0.15) is 5.54 Å². The van der Waals surface area contributed by atoms with Gasteiger partial charge in [0.05, 0.1) is 11.9 Å². The fraction of sp³-hybridized carbons (Fsp3) is 0.450. The molecule has 3 rings (SSSR count). The number of hydrogen-bond donors (Lipinski definition) is 3. The molecule has 1 aliphatic carbocycles. The summed E-state index contributed by atoms with van der Waals surface area (Å²) in [7, 11) is 1.61. The minimum Gasteiger partial charge on any atom is -0.357 e. The lowest BCUT2D eigenvalue weighted by Gasteiger charge is -2.36. The van der Waals surface area contributed by atoms with E-state index >= 15 is 0 Å². The van der Waals surface area contributed by atoms with E-state index < -0.39 is 5.54 Å². The van der Waals surface area contributed by atoms with Crippen molar-refractivity contribution in [2.45, 2.75) is 51.1 Å². The summed E-state index contributed by atoms with van der Waals surface area (Å²) < 4.78 is 1.79. The second-order valence-electron chi connectivity index (χ2n) is 7.16. The fourth-order valence-corrected chi connectivity index (χ4v) is 3.61. The van der Waals surface area contributed by atoms with E-state index in [0.29, 0.717) is 19.4 Å². The van der Waals surface area contributed by atoms with Crippen molar-refractivity contribution in [3.63, 3.8) is 0 Å². The van der Waals surface area contributed by atoms with Gasteiger partial charge in [-0.1, -0.05) is 31.4 Å². The number of carbonyl (C=O) groups excluding carboxylic acids is 2. The zero-order chi connectivity index (χ0) is 19.3. The van der Waals surface area contributed by atoms with Gasteiger partial charge < -0.3 is 16.0 Å². The Bertz CT molecular complexity index is 808. The van der Waals surface area contributed by atoms with Crippen LogP contribution in [0.3, 0.4) is 0 Å². The number of nitrogens with zero attached hydrogens (tertiary/aromatic N) is 2. The maximum atomic E-state index is 12.4. The molecule has 3 N–H and O–H groups in total. The molecule has 0 unspecified atom stereocenters. The number of hydrogen-bond acceptors (Lipinski definition) is 3. The summed E-state index contributed by atoms with van der Waals surface area (Å²) in [6.45, 7) is 2.38. The molecule has 0 spiro atoms. The van der Waals surface area contributed by atoms with E-state index in [-0.39, 0.29) is 11.9 Å². The topological polar surface area (TPSA) is 88.1 Å². The van der Waals surface area contributed by atoms with Crippen molar-refractivity contribution in [2.24, 2.45) is 0 Å². The van der Waals surface area contributed by atoms with Gasteiger partial charge in [0.25, 0.3) is 0 Å². The highest BCUT2D eigenvalue weighted by Crippen LogP contribution is 2.28. The van der Waals surface area contributed by atoms with E-state index in [4.69, 9.17) is 0 Å². The van der Waals surface area contributed by atoms with E-state index in [2.05, 4.69) is 21.0 Å². The standard InChI is InChI=1S/C20H27N5O2/c1-15-7-6-8-17(11-15)25-14-16(13-23-25)12-22-19(27)24-20(18(26)21-2)9-4-3-5-10-20/h6-8,11,13-14H,3-5,9-10,12H2,1-2H3,(H,21,26)(H2,22,24,27). The molecule has 1 heterocycles. The molecule has 1 aromatic carbocycles. The minimum atomic E-state index is -0.803. The van der Waals surface area contributed by atoms with Crippen LogP contribution in [0.25, 0.3) is 5.69 Å². The molecule has 27 heavy (non-hydrogen) atoms. The first-order valence-electron chi connectivity index (χ1n) is 9.41. The number of rotatable bonds is 5. The van der Waals surface area contributed by atoms with Gasteiger partial charge in [0, 0.05) is 25.4 Å². The van der Waals surface area contributed by atoms with E-state index in [1.807, 2.05) is 37.4 Å². The summed E-state index contributed by atoms with van der Waals surface area (Å²) in [6.07, 6.45) is 7.95. The largest absolute Gasteiger partial charge is 0.357 e. The Morgan fingerprint density at radius 1 is 1.22 bits per heavy atom. The molecular weight excluding hydrogens is 342 g/mol. The van der Waals surface area contributed by atoms with E-state index in [1.54, 1.807) is 17.9 Å². The van der Waals surface area contributed by atoms with Crippen molar-refractivity contribution in [3.8, 4) is 5.69 Å². The van der Waals surface area contributed by atoms with Gasteiger partial charge in [-0.05, 0) is 37.5 Å². The highest BCUT2D eigenvalue weighted by Gasteiger charge is 2.40. The average molecular weight is 369 g/mol. The maximum absolute atomic E-state index is 12.4. The van der Waals surface area contributed by atoms with Gasteiger partial charge >= 0.3 is 6.03 Å². The summed E-state index contributed by atoms with van der Waals surface area (Å²) >= 11 is 0. The lowest BCUT2D eigenvalue weighted by molar-refractivity contribution is -0.128. The zero-order valence-corrected chi connectivity index (χ0v) is 15.9. The second-order valence-corrected chi connectivity index (χ2v) is 7.16. The van der Waals surface area contributed by atoms with E-state index in [9.17, 15) is 9.59 Å². The number of carbonyl (C=O) groups is 2. The first-order valence-corrected chi connectivity index (χ1v) is 9.41. The van der Waals surface area contributed by atoms with Crippen LogP contribution in [0.4, 0.5) is 4.79 Å². The average Bonchev–Trinajstić information content (AvgIpc) is 3.15. The van der Waals surface area contributed by atoms with Crippen LogP contribution < -0.4 is 16.0 Å². The summed E-state index contributed by atoms with van der Waals surface area (Å²) in [5, 5.41) is 12.8. The summed E-state index contributed by atoms with van der Waals surface area (Å²) in [6, 6.07) is 7.73. The lowest BCUT2D eigenvalue weighted by Crippen LogP contribution is -2.60. The second kappa shape index (κ2) is 8.24. The number of aromatic nitrogens is 2. The first-order chi connectivity index (χ1) is 13.0. The van der Waals surface area contributed by atoms with Crippen LogP contribution in [0.5, 0.6) is 0 Å². The lowest BCUT2D eigenvalue weighted by atomic mass is 9.81. The molecule has 0 atom stereocenters. The molecule has 1 aromatic heterocycles. The molecule has 1 saturated carbocycles. The van der Waals surface area contributed by atoms with Crippen molar-refractivity contribution in [1.82, 2.24) is 25.7 Å². The summed E-state index contributed by atoms with van der Waals surface area (Å²) in [4.78, 5) is 24.7. The number of urea groups is 1. The molecule has 1 aliphatic rings. The highest BCUT2D eigenvalue weighted by atomic mass is 16.2. The number of nitrogens with one attached hydrogen (secondary N) is 3. The number of amides is 3. The maximum Gasteiger partial charge on any atom is 0.315 e. The van der Waals surface area contributed by atoms with Crippen LogP contribution in [0.1, 0.15) is 43.2 Å². The van der Waals surface area contributed by atoms with E-state index in [0.717, 1.165) is 36.1 Å². The molecule has 7 heteroatoms. The normalized spacial score (nSPS) is 15.8. The van der Waals surface area contributed by atoms with Gasteiger partial charge in [-0.2, -0.15) is 5.10 Å². The summed E-state index contributed by atoms with van der Waals surface area (Å²) in [5.41, 5.74) is 2.23. The molecule has 144 valence electrons. The third-order valence-corrected chi connectivity index (χ3v) is 5.08. The minimum absolute atomic E-state index is 0.121. The van der Waals surface area contributed by atoms with Gasteiger partial charge in [0.2, 0.25) is 5.91 Å². The van der Waals surface area contributed by atoms with E-state index in [1.165, 1.54) is 0 Å². The Kier molecular flexibility index (Phi) is 5.78. The summed E-state index contributed by atoms with van der Waals surface area (Å²) in [5.74, 6) is -0.121. The van der Waals surface area contributed by atoms with Crippen molar-refractivity contribution in [1.29, 1.82) is 0 Å². The van der Waals surface area contributed by atoms with Crippen molar-refractivity contribution < 1.29 is 9.59 Å². The Balaban J connectivity index is 1.60. The molecule has 0 radical (unpaired) electrons. The van der Waals surface area contributed by atoms with Crippen molar-refractivity contribution in [2.75, 3.05) is 7.05 Å². The molecule has 1 fully saturated rings. The Labute approximate surface area is 159 Å². The molecule has 0 saturated heterocycles. The smallest absolute Gasteiger partial charge is 0.315 e. The predicted molar refractivity (Wildman–Crippen MR) is 104 cm³/mol. The number of benzene rings is 1. The zero-order valence-electron chi connectivity index (χ0n) is 15.9. The van der Waals surface area contributed by atoms with Crippen LogP contribution in [-0.2, 0) is 11.3 Å². The van der Waals surface area contributed by atoms with Crippen molar-refractivity contribution in [3.05, 3.63) is 47.8 Å². The number of aryl methyl sites for hydroxylation is 1. The molecule has 2 aromatic rings. The Morgan fingerprint density at radius 2 is 2.00 bits per heavy atom. The van der Waals surface area contributed by atoms with Crippen molar-refractivity contribution >= 4 is 11.9 Å². The predicted octanol–water partition coefficient (Wildman–Crippen LogP) is 2.43. The van der Waals surface area contributed by atoms with Crippen LogP contribution >= 0.6 is 0 Å². The Hall–Kier alpha value is -2.83. The molecule has 0 aliphatic heterocycles. The number of likely N-dealkylation sites (N-methyl/N-ethyl adjacent to an activating group) is 1. The molecule has 3 amide bonds. The third kappa shape index (κ3) is 4.48. The van der Waals surface area contributed by atoms with Crippen LogP contribution in [0.15, 0.2) is 36.7 Å². The van der Waals surface area contributed by atoms with Gasteiger partial charge in [-0.15, -0.1) is 0 Å². The quantitative estimate of drug-likeness (QED) is 0.756. The van der Waals surface area contributed by atoms with Crippen LogP contribution in [-0.4, -0.2) is 34.3 Å². The monoisotopic (exact) mass is 369 g/mol. The third-order valence-electron chi connectivity index (χ3n) is 5.08. The fourth-order valence-electron chi connectivity index (χ4n) is 3.61. The molecule has 0 bridgehead atoms.